The molecule has 0 radical (unpaired) electrons. The van der Waals surface area contributed by atoms with Crippen molar-refractivity contribution in [2.45, 2.75) is 49.1 Å². The van der Waals surface area contributed by atoms with Crippen LogP contribution in [0.2, 0.25) is 0 Å². The van der Waals surface area contributed by atoms with Gasteiger partial charge in [-0.3, -0.25) is 42.3 Å². The van der Waals surface area contributed by atoms with Crippen LogP contribution in [0.3, 0.4) is 0 Å². The van der Waals surface area contributed by atoms with Crippen molar-refractivity contribution < 1.29 is 80.6 Å². The van der Waals surface area contributed by atoms with Crippen molar-refractivity contribution in [1.82, 2.24) is 34.1 Å². The molecule has 2 saturated heterocycles. The van der Waals surface area contributed by atoms with E-state index < -0.39 is 102 Å². The van der Waals surface area contributed by atoms with Crippen LogP contribution in [-0.2, 0) is 53.0 Å². The highest BCUT2D eigenvalue weighted by atomic mass is 31.3. The molecule has 31 heteroatoms. The average Bonchev–Trinajstić information content (AvgIpc) is 3.81. The highest BCUT2D eigenvalue weighted by Gasteiger charge is 2.51. The van der Waals surface area contributed by atoms with Crippen molar-refractivity contribution in [3.05, 3.63) is 33.4 Å². The lowest BCUT2D eigenvalue weighted by atomic mass is 10.1. The molecule has 0 aromatic carbocycles. The highest BCUT2D eigenvalue weighted by molar-refractivity contribution is 7.74. The number of H-pyrrole nitrogens is 2. The molecule has 0 aliphatic carbocycles. The summed E-state index contributed by atoms with van der Waals surface area (Å²) in [6.45, 7) is -1.93. The lowest BCUT2D eigenvalue weighted by Gasteiger charge is -2.23. The molecule has 5 unspecified atom stereocenters. The molecule has 0 bridgehead atoms. The number of methoxy groups -OCH3 is 1. The van der Waals surface area contributed by atoms with Crippen LogP contribution < -0.4 is 27.2 Å². The van der Waals surface area contributed by atoms with Crippen LogP contribution in [-0.4, -0.2) is 140 Å². The number of aliphatic hydroxyl groups is 3. The van der Waals surface area contributed by atoms with E-state index in [0.29, 0.717) is 0 Å². The molecular formula is C25H38N10O18P3+. The lowest BCUT2D eigenvalue weighted by molar-refractivity contribution is -0.745. The number of aromatic nitrogens is 8. The van der Waals surface area contributed by atoms with E-state index in [1.165, 1.54) is 29.6 Å². The second-order valence-corrected chi connectivity index (χ2v) is 18.3. The molecule has 28 nitrogen and oxygen atoms in total. The smallest absolute Gasteiger partial charge is 0.387 e. The third kappa shape index (κ3) is 8.80. The Morgan fingerprint density at radius 1 is 0.911 bits per heavy atom. The third-order valence-electron chi connectivity index (χ3n) is 8.46. The van der Waals surface area contributed by atoms with Gasteiger partial charge in [-0.15, -0.1) is 0 Å². The Morgan fingerprint density at radius 2 is 1.59 bits per heavy atom. The fourth-order valence-electron chi connectivity index (χ4n) is 6.07. The number of nitrogens with zero attached hydrogens (tertiary/aromatic N) is 6. The minimum Gasteiger partial charge on any atom is -0.387 e. The summed E-state index contributed by atoms with van der Waals surface area (Å²) in [4.78, 5) is 72.1. The van der Waals surface area contributed by atoms with Gasteiger partial charge in [-0.25, -0.2) is 18.4 Å². The van der Waals surface area contributed by atoms with E-state index in [0.717, 1.165) is 10.9 Å². The zero-order valence-corrected chi connectivity index (χ0v) is 31.8. The molecule has 11 atom stereocenters. The summed E-state index contributed by atoms with van der Waals surface area (Å²) in [6, 6.07) is 0. The Kier molecular flexibility index (Phi) is 12.0. The Labute approximate surface area is 312 Å². The van der Waals surface area contributed by atoms with E-state index in [2.05, 4.69) is 29.2 Å². The minimum absolute atomic E-state index is 0.000531. The number of hydrogen-bond donors (Lipinski definition) is 10. The molecule has 4 aromatic heterocycles. The first kappa shape index (κ1) is 42.1. The van der Waals surface area contributed by atoms with Gasteiger partial charge in [0.25, 0.3) is 17.1 Å². The molecule has 12 N–H and O–H groups in total. The summed E-state index contributed by atoms with van der Waals surface area (Å²) in [6.07, 6.45) is -9.59. The summed E-state index contributed by atoms with van der Waals surface area (Å²) in [5.74, 6) is -2.29. The molecule has 2 aliphatic rings. The predicted molar refractivity (Wildman–Crippen MR) is 183 cm³/mol. The molecule has 0 spiro atoms. The highest BCUT2D eigenvalue weighted by Crippen LogP contribution is 2.66. The Hall–Kier alpha value is -3.53. The number of imidazole rings is 2. The normalized spacial score (nSPS) is 28.8. The molecule has 0 saturated carbocycles. The number of fused-ring (bicyclic) bond motifs is 2. The molecule has 2 fully saturated rings. The van der Waals surface area contributed by atoms with E-state index in [9.17, 15) is 53.3 Å². The SMILES string of the molecule is COCCOC1[C@@H](COP(=O)(O)OP(=O)(O)CP(=O)(O)OC[C@H]2O[C@@H](n3cnc4c(=O)[nH]c(N)nc43)[C@@H](O)C2O)O[C@@H]([n+]2cn(C)c3c(=O)[nH]c(N)nc32)[C@H]1O. The first-order valence-electron chi connectivity index (χ1n) is 16.1. The van der Waals surface area contributed by atoms with Crippen molar-refractivity contribution in [1.29, 1.82) is 0 Å². The van der Waals surface area contributed by atoms with Crippen LogP contribution >= 0.6 is 23.0 Å². The largest absolute Gasteiger partial charge is 0.479 e. The van der Waals surface area contributed by atoms with Gasteiger partial charge in [0.05, 0.1) is 39.8 Å². The standard InChI is InChI=1S/C25H37N10O18P3/c1-33-8-35(19-13(33)21(40)32-25(27)30-19)23-16(38)17(48-4-3-47-2)11(52-23)6-50-56(45,46)53-55(43,44)9-54(41,42)49-5-10-14(36)15(37)22(51-10)34-7-28-12-18(34)29-24(26)31-20(12)39/h7-8,10-11,14-17,22-23,36-38H,3-6,9H2,1-2H3,(H8-,26,27,29,30,31,32,39,40,41,42,43,44,45,46)/p+1/t10-,11-,14?,15+,16+,17?,22-,23-/m1/s1. The second-order valence-electron chi connectivity index (χ2n) is 12.5. The summed E-state index contributed by atoms with van der Waals surface area (Å²) in [5.41, 5.74) is 9.74. The second kappa shape index (κ2) is 16.0. The number of nitrogens with one attached hydrogen (secondary N) is 2. The number of phosphoric acid groups is 1. The van der Waals surface area contributed by atoms with Crippen LogP contribution in [0.1, 0.15) is 12.5 Å². The Bertz CT molecular complexity index is 2350. The number of rotatable bonds is 16. The Balaban J connectivity index is 1.08. The first-order valence-corrected chi connectivity index (χ1v) is 21.1. The molecule has 6 heterocycles. The molecule has 0 amide bonds. The van der Waals surface area contributed by atoms with Gasteiger partial charge in [-0.05, 0) is 0 Å². The van der Waals surface area contributed by atoms with Crippen LogP contribution in [0, 0.1) is 0 Å². The quantitative estimate of drug-likeness (QED) is 0.0294. The van der Waals surface area contributed by atoms with E-state index in [1.54, 1.807) is 0 Å². The molecular weight excluding hydrogens is 821 g/mol. The molecule has 6 rings (SSSR count). The topological polar surface area (TPSA) is 407 Å². The van der Waals surface area contributed by atoms with Gasteiger partial charge in [0, 0.05) is 7.11 Å². The zero-order valence-electron chi connectivity index (χ0n) is 29.1. The molecule has 56 heavy (non-hydrogen) atoms. The first-order chi connectivity index (χ1) is 26.2. The molecule has 2 aliphatic heterocycles. The van der Waals surface area contributed by atoms with Crippen molar-refractivity contribution in [3.8, 4) is 0 Å². The van der Waals surface area contributed by atoms with Gasteiger partial charge in [0.2, 0.25) is 17.7 Å². The van der Waals surface area contributed by atoms with Crippen LogP contribution in [0.25, 0.3) is 22.3 Å². The number of aliphatic hydroxyl groups excluding tert-OH is 3. The van der Waals surface area contributed by atoms with Crippen LogP contribution in [0.4, 0.5) is 11.9 Å². The van der Waals surface area contributed by atoms with Gasteiger partial charge >= 0.3 is 28.7 Å². The number of aromatic amines is 2. The Morgan fingerprint density at radius 3 is 2.30 bits per heavy atom. The fraction of sp³-hybridized carbons (Fsp3) is 0.600. The van der Waals surface area contributed by atoms with Gasteiger partial charge in [0.15, 0.2) is 29.6 Å². The van der Waals surface area contributed by atoms with Gasteiger partial charge < -0.3 is 64.9 Å². The van der Waals surface area contributed by atoms with Crippen molar-refractivity contribution in [2.24, 2.45) is 7.05 Å². The number of nitrogens with two attached hydrogens (primary N) is 2. The van der Waals surface area contributed by atoms with Crippen molar-refractivity contribution >= 4 is 57.2 Å². The summed E-state index contributed by atoms with van der Waals surface area (Å²) >= 11 is 0. The minimum atomic E-state index is -5.57. The van der Waals surface area contributed by atoms with Gasteiger partial charge in [0.1, 0.15) is 36.6 Å². The average molecular weight is 860 g/mol. The van der Waals surface area contributed by atoms with E-state index in [1.807, 2.05) is 0 Å². The van der Waals surface area contributed by atoms with Crippen LogP contribution in [0.15, 0.2) is 22.2 Å². The monoisotopic (exact) mass is 859 g/mol. The maximum Gasteiger partial charge on any atom is 0.479 e. The molecule has 4 aromatic rings. The number of nitrogen functional groups attached to an aromatic ring is 2. The number of anilines is 2. The summed E-state index contributed by atoms with van der Waals surface area (Å²) in [5, 5.41) is 32.3. The fourth-order valence-corrected chi connectivity index (χ4v) is 11.1. The number of hydrogen-bond acceptors (Lipinski definition) is 20. The summed E-state index contributed by atoms with van der Waals surface area (Å²) < 4.78 is 78.4. The van der Waals surface area contributed by atoms with E-state index in [-0.39, 0.29) is 47.4 Å². The molecule has 310 valence electrons. The maximum absolute atomic E-state index is 12.8. The van der Waals surface area contributed by atoms with Crippen LogP contribution in [0.5, 0.6) is 0 Å². The van der Waals surface area contributed by atoms with E-state index >= 15 is 0 Å². The maximum atomic E-state index is 12.8. The zero-order chi connectivity index (χ0) is 40.9. The third-order valence-corrected chi connectivity index (χ3v) is 14.2. The number of phosphoric ester groups is 1. The predicted octanol–water partition coefficient (Wildman–Crippen LogP) is -3.77. The number of ether oxygens (including phenoxy) is 4. The van der Waals surface area contributed by atoms with Crippen molar-refractivity contribution in [3.63, 3.8) is 0 Å². The lowest BCUT2D eigenvalue weighted by Crippen LogP contribution is -2.46. The van der Waals surface area contributed by atoms with E-state index in [4.69, 9.17) is 39.5 Å². The van der Waals surface area contributed by atoms with Gasteiger partial charge in [-0.1, -0.05) is 4.98 Å². The number of aryl methyl sites for hydroxylation is 1. The van der Waals surface area contributed by atoms with Crippen molar-refractivity contribution in [2.75, 3.05) is 50.9 Å². The van der Waals surface area contributed by atoms with Gasteiger partial charge in [-0.2, -0.15) is 4.98 Å². The summed E-state index contributed by atoms with van der Waals surface area (Å²) in [7, 11) is -13.4.